The smallest absolute Gasteiger partial charge is 0.180 e. The van der Waals surface area contributed by atoms with Crippen LogP contribution in [0.4, 0.5) is 0 Å². The first-order valence-corrected chi connectivity index (χ1v) is 11.6. The number of likely N-dealkylation sites (tertiary alicyclic amines) is 1. The van der Waals surface area contributed by atoms with E-state index in [1.165, 1.54) is 36.8 Å². The molecule has 1 aliphatic rings. The van der Waals surface area contributed by atoms with Crippen molar-refractivity contribution < 1.29 is 4.74 Å². The molecule has 2 atom stereocenters. The summed E-state index contributed by atoms with van der Waals surface area (Å²) in [4.78, 5) is 2.51. The normalized spacial score (nSPS) is 20.5. The molecular weight excluding hydrogens is 392 g/mol. The quantitative estimate of drug-likeness (QED) is 0.381. The monoisotopic (exact) mass is 424 g/mol. The van der Waals surface area contributed by atoms with E-state index in [4.69, 9.17) is 10.5 Å². The molecule has 1 saturated heterocycles. The number of rotatable bonds is 8. The molecule has 30 heavy (non-hydrogen) atoms. The number of benzene rings is 2. The third-order valence-electron chi connectivity index (χ3n) is 5.09. The van der Waals surface area contributed by atoms with Gasteiger partial charge in [-0.05, 0) is 53.6 Å². The summed E-state index contributed by atoms with van der Waals surface area (Å²) in [5, 5.41) is 8.61. The van der Waals surface area contributed by atoms with Crippen molar-refractivity contribution in [3.05, 3.63) is 65.7 Å². The van der Waals surface area contributed by atoms with Crippen molar-refractivity contribution in [2.24, 2.45) is 27.8 Å². The number of nitrogens with two attached hydrogens (primary N) is 1. The Kier molecular flexibility index (Phi) is 8.78. The zero-order valence-electron chi connectivity index (χ0n) is 17.9. The van der Waals surface area contributed by atoms with Crippen molar-refractivity contribution in [3.8, 4) is 5.75 Å². The van der Waals surface area contributed by atoms with Crippen molar-refractivity contribution in [2.45, 2.75) is 26.0 Å². The Morgan fingerprint density at radius 2 is 1.80 bits per heavy atom. The summed E-state index contributed by atoms with van der Waals surface area (Å²) >= 11 is 1.48. The molecular formula is C24H32N4OS. The van der Waals surface area contributed by atoms with Crippen molar-refractivity contribution in [2.75, 3.05) is 26.2 Å². The predicted octanol–water partition coefficient (Wildman–Crippen LogP) is 4.63. The number of hydrogen-bond acceptors (Lipinski definition) is 5. The number of nitrogens with zero attached hydrogens (tertiary/aromatic N) is 3. The Hall–Kier alpha value is -2.31. The van der Waals surface area contributed by atoms with Gasteiger partial charge in [-0.15, -0.1) is 5.10 Å². The van der Waals surface area contributed by atoms with E-state index in [2.05, 4.69) is 41.1 Å². The standard InChI is InChI=1S/C24H32N4OS/c1-19-14-20(2)17-28(16-19)12-13-29-23-10-8-21(9-11-23)15-26-27-24(25)30-18-22-6-4-3-5-7-22/h3-11,15,19-20H,12-14,16-18H2,1-2H3,(H2,25,27). The molecule has 0 aliphatic carbocycles. The first kappa shape index (κ1) is 22.4. The van der Waals surface area contributed by atoms with Crippen LogP contribution in [0.2, 0.25) is 0 Å². The van der Waals surface area contributed by atoms with Gasteiger partial charge >= 0.3 is 0 Å². The van der Waals surface area contributed by atoms with E-state index in [-0.39, 0.29) is 0 Å². The summed E-state index contributed by atoms with van der Waals surface area (Å²) in [5.41, 5.74) is 8.09. The summed E-state index contributed by atoms with van der Waals surface area (Å²) in [6.45, 7) is 8.72. The maximum Gasteiger partial charge on any atom is 0.180 e. The number of ether oxygens (including phenoxy) is 1. The van der Waals surface area contributed by atoms with Gasteiger partial charge in [-0.1, -0.05) is 55.9 Å². The lowest BCUT2D eigenvalue weighted by molar-refractivity contribution is 0.120. The second kappa shape index (κ2) is 11.8. The van der Waals surface area contributed by atoms with E-state index in [1.807, 2.05) is 42.5 Å². The summed E-state index contributed by atoms with van der Waals surface area (Å²) in [6.07, 6.45) is 3.04. The SMILES string of the molecule is CC1CC(C)CN(CCOc2ccc(C=NN=C(N)SCc3ccccc3)cc2)C1. The molecule has 160 valence electrons. The molecule has 0 saturated carbocycles. The Balaban J connectivity index is 1.39. The van der Waals surface area contributed by atoms with Crippen LogP contribution in [0.5, 0.6) is 5.75 Å². The maximum atomic E-state index is 5.92. The molecule has 0 bridgehead atoms. The zero-order valence-corrected chi connectivity index (χ0v) is 18.7. The molecule has 1 heterocycles. The molecule has 2 aromatic rings. The number of hydrogen-bond donors (Lipinski definition) is 1. The topological polar surface area (TPSA) is 63.2 Å². The minimum Gasteiger partial charge on any atom is -0.492 e. The van der Waals surface area contributed by atoms with E-state index in [9.17, 15) is 0 Å². The van der Waals surface area contributed by atoms with E-state index in [0.29, 0.717) is 11.8 Å². The van der Waals surface area contributed by atoms with Gasteiger partial charge in [0, 0.05) is 25.4 Å². The number of thioether (sulfide) groups is 1. The van der Waals surface area contributed by atoms with E-state index >= 15 is 0 Å². The van der Waals surface area contributed by atoms with Crippen LogP contribution in [0.3, 0.4) is 0 Å². The molecule has 0 aromatic heterocycles. The van der Waals surface area contributed by atoms with E-state index in [0.717, 1.165) is 35.4 Å². The number of piperidine rings is 1. The lowest BCUT2D eigenvalue weighted by Crippen LogP contribution is -2.40. The molecule has 1 aliphatic heterocycles. The van der Waals surface area contributed by atoms with Crippen molar-refractivity contribution in [1.29, 1.82) is 0 Å². The molecule has 2 aromatic carbocycles. The van der Waals surface area contributed by atoms with Crippen LogP contribution in [0.1, 0.15) is 31.4 Å². The largest absolute Gasteiger partial charge is 0.492 e. The second-order valence-corrected chi connectivity index (χ2v) is 9.08. The maximum absolute atomic E-state index is 5.92. The Bertz CT molecular complexity index is 813. The van der Waals surface area contributed by atoms with Gasteiger partial charge in [0.1, 0.15) is 12.4 Å². The fourth-order valence-electron chi connectivity index (χ4n) is 3.83. The van der Waals surface area contributed by atoms with Crippen LogP contribution in [-0.2, 0) is 5.75 Å². The van der Waals surface area contributed by atoms with Crippen molar-refractivity contribution in [1.82, 2.24) is 4.90 Å². The summed E-state index contributed by atoms with van der Waals surface area (Å²) in [7, 11) is 0. The second-order valence-electron chi connectivity index (χ2n) is 8.08. The molecule has 0 amide bonds. The highest BCUT2D eigenvalue weighted by atomic mass is 32.2. The van der Waals surface area contributed by atoms with Crippen LogP contribution in [0.15, 0.2) is 64.8 Å². The number of amidine groups is 1. The zero-order chi connectivity index (χ0) is 21.2. The Labute approximate surface area is 184 Å². The summed E-state index contributed by atoms with van der Waals surface area (Å²) < 4.78 is 5.91. The third kappa shape index (κ3) is 7.84. The molecule has 5 nitrogen and oxygen atoms in total. The van der Waals surface area contributed by atoms with Gasteiger partial charge in [0.05, 0.1) is 6.21 Å². The molecule has 0 radical (unpaired) electrons. The van der Waals surface area contributed by atoms with Crippen molar-refractivity contribution in [3.63, 3.8) is 0 Å². The molecule has 6 heteroatoms. The van der Waals surface area contributed by atoms with Gasteiger partial charge in [-0.2, -0.15) is 5.10 Å². The Morgan fingerprint density at radius 1 is 1.10 bits per heavy atom. The molecule has 2 unspecified atom stereocenters. The van der Waals surface area contributed by atoms with Crippen LogP contribution >= 0.6 is 11.8 Å². The summed E-state index contributed by atoms with van der Waals surface area (Å²) in [5.74, 6) is 3.22. The van der Waals surface area contributed by atoms with E-state index in [1.54, 1.807) is 6.21 Å². The third-order valence-corrected chi connectivity index (χ3v) is 5.95. The average molecular weight is 425 g/mol. The van der Waals surface area contributed by atoms with Gasteiger partial charge in [0.2, 0.25) is 0 Å². The van der Waals surface area contributed by atoms with Gasteiger partial charge in [0.25, 0.3) is 0 Å². The van der Waals surface area contributed by atoms with Crippen LogP contribution in [0.25, 0.3) is 0 Å². The summed E-state index contributed by atoms with van der Waals surface area (Å²) in [6, 6.07) is 18.1. The molecule has 2 N–H and O–H groups in total. The van der Waals surface area contributed by atoms with Gasteiger partial charge in [-0.25, -0.2) is 0 Å². The minimum atomic E-state index is 0.455. The van der Waals surface area contributed by atoms with Gasteiger partial charge in [-0.3, -0.25) is 4.90 Å². The van der Waals surface area contributed by atoms with Crippen LogP contribution in [0, 0.1) is 11.8 Å². The first-order valence-electron chi connectivity index (χ1n) is 10.6. The fraction of sp³-hybridized carbons (Fsp3) is 0.417. The minimum absolute atomic E-state index is 0.455. The van der Waals surface area contributed by atoms with Crippen LogP contribution < -0.4 is 10.5 Å². The molecule has 1 fully saturated rings. The highest BCUT2D eigenvalue weighted by Crippen LogP contribution is 2.20. The fourth-order valence-corrected chi connectivity index (χ4v) is 4.44. The van der Waals surface area contributed by atoms with Gasteiger partial charge < -0.3 is 10.5 Å². The van der Waals surface area contributed by atoms with E-state index < -0.39 is 0 Å². The lowest BCUT2D eigenvalue weighted by Gasteiger charge is -2.34. The highest BCUT2D eigenvalue weighted by Gasteiger charge is 2.21. The first-order chi connectivity index (χ1) is 14.6. The average Bonchev–Trinajstić information content (AvgIpc) is 2.73. The van der Waals surface area contributed by atoms with Crippen LogP contribution in [-0.4, -0.2) is 42.5 Å². The molecule has 3 rings (SSSR count). The predicted molar refractivity (Wildman–Crippen MR) is 128 cm³/mol. The lowest BCUT2D eigenvalue weighted by atomic mass is 9.92. The van der Waals surface area contributed by atoms with Gasteiger partial charge in [0.15, 0.2) is 5.17 Å². The Morgan fingerprint density at radius 3 is 2.50 bits per heavy atom. The molecule has 0 spiro atoms. The van der Waals surface area contributed by atoms with Crippen molar-refractivity contribution >= 4 is 23.1 Å². The highest BCUT2D eigenvalue weighted by molar-refractivity contribution is 8.13.